The molecule has 0 atom stereocenters. The maximum absolute atomic E-state index is 10.2. The van der Waals surface area contributed by atoms with E-state index in [1.807, 2.05) is 0 Å². The molecule has 0 bridgehead atoms. The predicted octanol–water partition coefficient (Wildman–Crippen LogP) is -2.53. The normalized spacial score (nSPS) is 9.62. The van der Waals surface area contributed by atoms with Crippen molar-refractivity contribution in [3.8, 4) is 11.5 Å². The minimum atomic E-state index is -1.23. The van der Waals surface area contributed by atoms with Gasteiger partial charge in [0.2, 0.25) is 0 Å². The molecule has 16 heavy (non-hydrogen) atoms. The Bertz CT molecular complexity index is 388. The molecule has 4 nitrogen and oxygen atoms in total. The van der Waals surface area contributed by atoms with E-state index >= 15 is 0 Å². The molecule has 0 aromatic heterocycles. The van der Waals surface area contributed by atoms with Crippen LogP contribution in [0.15, 0.2) is 24.3 Å². The van der Waals surface area contributed by atoms with Gasteiger partial charge in [0.25, 0.3) is 0 Å². The molecule has 0 aliphatic heterocycles. The van der Waals surface area contributed by atoms with Crippen molar-refractivity contribution in [3.05, 3.63) is 29.8 Å². The van der Waals surface area contributed by atoms with E-state index in [9.17, 15) is 9.90 Å². The zero-order chi connectivity index (χ0) is 11.3. The van der Waals surface area contributed by atoms with Crippen molar-refractivity contribution in [1.29, 1.82) is 0 Å². The van der Waals surface area contributed by atoms with Gasteiger partial charge in [0, 0.05) is 0 Å². The Kier molecular flexibility index (Phi) is 7.70. The van der Waals surface area contributed by atoms with Crippen molar-refractivity contribution in [2.75, 3.05) is 14.2 Å². The summed E-state index contributed by atoms with van der Waals surface area (Å²) in [5, 5.41) is 10.2. The van der Waals surface area contributed by atoms with Crippen LogP contribution in [0.4, 0.5) is 0 Å². The molecule has 0 aliphatic carbocycles. The molecule has 0 saturated heterocycles. The molecule has 5 heteroatoms. The molecule has 0 amide bonds. The van der Waals surface area contributed by atoms with Crippen LogP contribution in [0.5, 0.6) is 11.5 Å². The quantitative estimate of drug-likeness (QED) is 0.434. The van der Waals surface area contributed by atoms with E-state index < -0.39 is 5.97 Å². The molecule has 80 valence electrons. The van der Waals surface area contributed by atoms with Crippen molar-refractivity contribution >= 4 is 12.0 Å². The Morgan fingerprint density at radius 2 is 1.88 bits per heavy atom. The first-order chi connectivity index (χ1) is 7.17. The fraction of sp³-hybridized carbons (Fsp3) is 0.182. The number of benzene rings is 1. The molecule has 0 unspecified atom stereocenters. The summed E-state index contributed by atoms with van der Waals surface area (Å²) in [5.41, 5.74) is 0.705. The van der Waals surface area contributed by atoms with Crippen LogP contribution in [0.25, 0.3) is 6.08 Å². The molecule has 0 radical (unpaired) electrons. The monoisotopic (exact) mass is 246 g/mol. The smallest absolute Gasteiger partial charge is 0.545 e. The van der Waals surface area contributed by atoms with Crippen molar-refractivity contribution in [2.45, 2.75) is 0 Å². The number of hydrogen-bond donors (Lipinski definition) is 0. The van der Waals surface area contributed by atoms with Gasteiger partial charge in [-0.2, -0.15) is 0 Å². The van der Waals surface area contributed by atoms with Crippen LogP contribution in [-0.2, 0) is 4.79 Å². The van der Waals surface area contributed by atoms with Gasteiger partial charge in [0.05, 0.1) is 20.2 Å². The summed E-state index contributed by atoms with van der Waals surface area (Å²) in [6.07, 6.45) is 2.39. The first kappa shape index (κ1) is 15.7. The van der Waals surface area contributed by atoms with Crippen LogP contribution in [0.3, 0.4) is 0 Å². The number of ether oxygens (including phenoxy) is 2. The third kappa shape index (κ3) is 4.67. The van der Waals surface area contributed by atoms with Crippen LogP contribution in [0.1, 0.15) is 5.56 Å². The van der Waals surface area contributed by atoms with Gasteiger partial charge in [-0.25, -0.2) is 0 Å². The summed E-state index contributed by atoms with van der Waals surface area (Å²) in [6, 6.07) is 5.10. The minimum Gasteiger partial charge on any atom is -0.545 e. The SMILES string of the molecule is COc1ccc(C=CC(=O)[O-])cc1OC.[K+]. The minimum absolute atomic E-state index is 0. The zero-order valence-corrected chi connectivity index (χ0v) is 12.6. The molecule has 0 heterocycles. The van der Waals surface area contributed by atoms with Gasteiger partial charge in [-0.15, -0.1) is 0 Å². The number of methoxy groups -OCH3 is 2. The van der Waals surface area contributed by atoms with Gasteiger partial charge < -0.3 is 19.4 Å². The molecule has 0 N–H and O–H groups in total. The van der Waals surface area contributed by atoms with Gasteiger partial charge in [-0.3, -0.25) is 0 Å². The second-order valence-corrected chi connectivity index (χ2v) is 2.77. The van der Waals surface area contributed by atoms with Crippen LogP contribution in [-0.4, -0.2) is 20.2 Å². The fourth-order valence-corrected chi connectivity index (χ4v) is 1.12. The standard InChI is InChI=1S/C11H12O4.K/c1-14-9-5-3-8(4-6-11(12)13)7-10(9)15-2;/h3-7H,1-2H3,(H,12,13);/q;+1/p-1. The summed E-state index contributed by atoms with van der Waals surface area (Å²) in [5.74, 6) is -0.0779. The van der Waals surface area contributed by atoms with Crippen LogP contribution < -0.4 is 66.0 Å². The molecular formula is C11H11KO4. The molecular weight excluding hydrogens is 235 g/mol. The number of aliphatic carboxylic acids is 1. The Labute approximate surface area is 137 Å². The molecule has 1 aromatic carbocycles. The maximum Gasteiger partial charge on any atom is 1.00 e. The van der Waals surface area contributed by atoms with Gasteiger partial charge in [0.15, 0.2) is 11.5 Å². The van der Waals surface area contributed by atoms with Crippen LogP contribution in [0, 0.1) is 0 Å². The molecule has 0 aliphatic rings. The van der Waals surface area contributed by atoms with E-state index in [-0.39, 0.29) is 51.4 Å². The first-order valence-electron chi connectivity index (χ1n) is 4.28. The van der Waals surface area contributed by atoms with Crippen LogP contribution >= 0.6 is 0 Å². The van der Waals surface area contributed by atoms with E-state index in [4.69, 9.17) is 9.47 Å². The molecule has 0 fully saturated rings. The molecule has 1 aromatic rings. The Hall–Kier alpha value is -0.334. The Morgan fingerprint density at radius 3 is 2.38 bits per heavy atom. The second-order valence-electron chi connectivity index (χ2n) is 2.77. The van der Waals surface area contributed by atoms with Crippen molar-refractivity contribution in [2.24, 2.45) is 0 Å². The third-order valence-electron chi connectivity index (χ3n) is 1.82. The Morgan fingerprint density at radius 1 is 1.25 bits per heavy atom. The van der Waals surface area contributed by atoms with E-state index in [0.717, 1.165) is 6.08 Å². The van der Waals surface area contributed by atoms with Crippen molar-refractivity contribution in [1.82, 2.24) is 0 Å². The van der Waals surface area contributed by atoms with Crippen molar-refractivity contribution < 1.29 is 70.8 Å². The number of hydrogen-bond acceptors (Lipinski definition) is 4. The summed E-state index contributed by atoms with van der Waals surface area (Å²) < 4.78 is 10.1. The Balaban J connectivity index is 0.00000225. The third-order valence-corrected chi connectivity index (χ3v) is 1.82. The van der Waals surface area contributed by atoms with E-state index in [2.05, 4.69) is 0 Å². The summed E-state index contributed by atoms with van der Waals surface area (Å²) in [7, 11) is 3.05. The summed E-state index contributed by atoms with van der Waals surface area (Å²) >= 11 is 0. The maximum atomic E-state index is 10.2. The van der Waals surface area contributed by atoms with Crippen LogP contribution in [0.2, 0.25) is 0 Å². The van der Waals surface area contributed by atoms with E-state index in [1.54, 1.807) is 18.2 Å². The number of rotatable bonds is 4. The topological polar surface area (TPSA) is 58.6 Å². The fourth-order valence-electron chi connectivity index (χ4n) is 1.12. The summed E-state index contributed by atoms with van der Waals surface area (Å²) in [4.78, 5) is 10.2. The predicted molar refractivity (Wildman–Crippen MR) is 53.6 cm³/mol. The molecule has 0 saturated carbocycles. The molecule has 1 rings (SSSR count). The number of carbonyl (C=O) groups excluding carboxylic acids is 1. The van der Waals surface area contributed by atoms with E-state index in [1.165, 1.54) is 20.3 Å². The van der Waals surface area contributed by atoms with Gasteiger partial charge in [-0.1, -0.05) is 12.1 Å². The number of carboxylic acid groups (broad SMARTS) is 1. The second kappa shape index (κ2) is 7.86. The average Bonchev–Trinajstić information content (AvgIpc) is 2.25. The van der Waals surface area contributed by atoms with Gasteiger partial charge in [0.1, 0.15) is 0 Å². The zero-order valence-electron chi connectivity index (χ0n) is 9.52. The number of carbonyl (C=O) groups is 1. The van der Waals surface area contributed by atoms with Gasteiger partial charge >= 0.3 is 51.4 Å². The van der Waals surface area contributed by atoms with Gasteiger partial charge in [-0.05, 0) is 23.8 Å². The first-order valence-corrected chi connectivity index (χ1v) is 4.28. The van der Waals surface area contributed by atoms with Crippen molar-refractivity contribution in [3.63, 3.8) is 0 Å². The molecule has 0 spiro atoms. The largest absolute Gasteiger partial charge is 1.00 e. The average molecular weight is 246 g/mol. The van der Waals surface area contributed by atoms with E-state index in [0.29, 0.717) is 17.1 Å². The number of carboxylic acids is 1. The summed E-state index contributed by atoms with van der Waals surface area (Å²) in [6.45, 7) is 0.